The fourth-order valence-corrected chi connectivity index (χ4v) is 4.68. The van der Waals surface area contributed by atoms with Gasteiger partial charge in [-0.2, -0.15) is 5.26 Å². The van der Waals surface area contributed by atoms with Crippen molar-refractivity contribution >= 4 is 29.6 Å². The van der Waals surface area contributed by atoms with Crippen LogP contribution in [0.1, 0.15) is 44.0 Å². The highest BCUT2D eigenvalue weighted by Crippen LogP contribution is 2.30. The van der Waals surface area contributed by atoms with Gasteiger partial charge in [0.05, 0.1) is 30.8 Å². The van der Waals surface area contributed by atoms with E-state index < -0.39 is 17.8 Å². The Morgan fingerprint density at radius 1 is 1.14 bits per heavy atom. The van der Waals surface area contributed by atoms with E-state index in [9.17, 15) is 14.9 Å². The predicted octanol–water partition coefficient (Wildman–Crippen LogP) is 4.16. The molecule has 2 aliphatic heterocycles. The molecule has 2 aromatic rings. The Bertz CT molecular complexity index is 1180. The molecule has 3 heterocycles. The minimum Gasteiger partial charge on any atom is -0.445 e. The first-order valence-electron chi connectivity index (χ1n) is 12.3. The zero-order chi connectivity index (χ0) is 26.6. The summed E-state index contributed by atoms with van der Waals surface area (Å²) in [6.45, 7) is 7.67. The minimum absolute atomic E-state index is 0.0846. The normalized spacial score (nSPS) is 17.6. The quantitative estimate of drug-likeness (QED) is 0.546. The number of nitriles is 1. The van der Waals surface area contributed by atoms with Gasteiger partial charge in [0.2, 0.25) is 5.28 Å². The van der Waals surface area contributed by atoms with E-state index in [0.717, 1.165) is 11.1 Å². The second kappa shape index (κ2) is 11.2. The molecule has 1 aromatic heterocycles. The molecule has 10 nitrogen and oxygen atoms in total. The Kier molecular flexibility index (Phi) is 8.03. The first-order chi connectivity index (χ1) is 17.6. The van der Waals surface area contributed by atoms with Gasteiger partial charge in [-0.3, -0.25) is 0 Å². The number of hydrogen-bond donors (Lipinski definition) is 0. The lowest BCUT2D eigenvalue weighted by Gasteiger charge is -2.41. The van der Waals surface area contributed by atoms with Crippen molar-refractivity contribution in [1.29, 1.82) is 5.26 Å². The highest BCUT2D eigenvalue weighted by atomic mass is 35.5. The van der Waals surface area contributed by atoms with Gasteiger partial charge in [-0.25, -0.2) is 19.6 Å². The number of hydrogen-bond acceptors (Lipinski definition) is 8. The maximum Gasteiger partial charge on any atom is 0.410 e. The molecule has 0 bridgehead atoms. The third-order valence-corrected chi connectivity index (χ3v) is 6.39. The number of benzene rings is 1. The summed E-state index contributed by atoms with van der Waals surface area (Å²) in [6, 6.07) is 11.3. The molecule has 0 unspecified atom stereocenters. The number of nitrogens with zero attached hydrogens (tertiary/aromatic N) is 6. The maximum absolute atomic E-state index is 12.9. The van der Waals surface area contributed by atoms with Crippen molar-refractivity contribution in [2.75, 3.05) is 31.1 Å². The van der Waals surface area contributed by atoms with Crippen LogP contribution in [0.5, 0.6) is 0 Å². The van der Waals surface area contributed by atoms with Gasteiger partial charge in [0.25, 0.3) is 0 Å². The molecular weight excluding hydrogens is 496 g/mol. The summed E-state index contributed by atoms with van der Waals surface area (Å²) < 4.78 is 11.0. The second-order valence-corrected chi connectivity index (χ2v) is 10.4. The summed E-state index contributed by atoms with van der Waals surface area (Å²) in [5, 5.41) is 9.52. The van der Waals surface area contributed by atoms with Crippen LogP contribution < -0.4 is 4.90 Å². The lowest BCUT2D eigenvalue weighted by molar-refractivity contribution is 0.0220. The number of carbonyl (C=O) groups is 2. The van der Waals surface area contributed by atoms with Gasteiger partial charge in [-0.15, -0.1) is 0 Å². The highest BCUT2D eigenvalue weighted by molar-refractivity contribution is 6.28. The SMILES string of the molecule is CC(C)(C)OC(=O)N1CCc2c(nc(Cl)nc2N2CCN(C(=O)OCc3ccccc3)[C@@H](CC#N)C2)C1. The Balaban J connectivity index is 1.47. The lowest BCUT2D eigenvalue weighted by atomic mass is 10.0. The van der Waals surface area contributed by atoms with Crippen LogP contribution in [0.25, 0.3) is 0 Å². The molecule has 1 fully saturated rings. The Hall–Kier alpha value is -3.58. The number of amides is 2. The molecule has 37 heavy (non-hydrogen) atoms. The monoisotopic (exact) mass is 526 g/mol. The van der Waals surface area contributed by atoms with Crippen LogP contribution in [-0.2, 0) is 29.0 Å². The molecule has 1 saturated heterocycles. The number of fused-ring (bicyclic) bond motifs is 1. The van der Waals surface area contributed by atoms with E-state index in [1.165, 1.54) is 0 Å². The lowest BCUT2D eigenvalue weighted by Crippen LogP contribution is -2.56. The number of halogens is 1. The fourth-order valence-electron chi connectivity index (χ4n) is 4.50. The molecule has 0 radical (unpaired) electrons. The summed E-state index contributed by atoms with van der Waals surface area (Å²) in [4.78, 5) is 39.6. The van der Waals surface area contributed by atoms with Crippen LogP contribution >= 0.6 is 11.6 Å². The van der Waals surface area contributed by atoms with E-state index >= 15 is 0 Å². The number of anilines is 1. The van der Waals surface area contributed by atoms with Crippen molar-refractivity contribution in [2.24, 2.45) is 0 Å². The molecule has 0 saturated carbocycles. The molecule has 0 aliphatic carbocycles. The smallest absolute Gasteiger partial charge is 0.410 e. The molecule has 1 atom stereocenters. The second-order valence-electron chi connectivity index (χ2n) is 10.1. The standard InChI is InChI=1S/C26H31ClN6O4/c1-26(2,3)37-24(34)32-12-10-20-21(16-32)29-23(27)30-22(20)31-13-14-33(19(15-31)9-11-28)25(35)36-17-18-7-5-4-6-8-18/h4-8,19H,9-10,12-17H2,1-3H3/t19-/m0/s1. The third-order valence-electron chi connectivity index (χ3n) is 6.22. The third kappa shape index (κ3) is 6.60. The highest BCUT2D eigenvalue weighted by Gasteiger charge is 2.35. The topological polar surface area (TPSA) is 112 Å². The van der Waals surface area contributed by atoms with Crippen LogP contribution in [0.15, 0.2) is 30.3 Å². The Morgan fingerprint density at radius 3 is 2.59 bits per heavy atom. The summed E-state index contributed by atoms with van der Waals surface area (Å²) in [5.41, 5.74) is 1.89. The van der Waals surface area contributed by atoms with Gasteiger partial charge in [0, 0.05) is 31.7 Å². The average molecular weight is 527 g/mol. The van der Waals surface area contributed by atoms with E-state index in [0.29, 0.717) is 44.1 Å². The molecule has 2 aliphatic rings. The van der Waals surface area contributed by atoms with E-state index in [4.69, 9.17) is 21.1 Å². The molecule has 2 amide bonds. The number of carbonyl (C=O) groups excluding carboxylic acids is 2. The fraction of sp³-hybridized carbons (Fsp3) is 0.500. The van der Waals surface area contributed by atoms with Gasteiger partial charge in [0.1, 0.15) is 18.0 Å². The van der Waals surface area contributed by atoms with E-state index in [1.807, 2.05) is 56.0 Å². The van der Waals surface area contributed by atoms with E-state index in [-0.39, 0.29) is 30.9 Å². The Labute approximate surface area is 221 Å². The molecule has 4 rings (SSSR count). The van der Waals surface area contributed by atoms with Crippen LogP contribution in [0, 0.1) is 11.3 Å². The van der Waals surface area contributed by atoms with Crippen molar-refractivity contribution < 1.29 is 19.1 Å². The van der Waals surface area contributed by atoms with Crippen LogP contribution in [0.3, 0.4) is 0 Å². The number of aromatic nitrogens is 2. The van der Waals surface area contributed by atoms with Gasteiger partial charge in [0.15, 0.2) is 0 Å². The van der Waals surface area contributed by atoms with Crippen molar-refractivity contribution in [1.82, 2.24) is 19.8 Å². The first-order valence-corrected chi connectivity index (χ1v) is 12.6. The minimum atomic E-state index is -0.594. The molecule has 1 aromatic carbocycles. The van der Waals surface area contributed by atoms with Gasteiger partial charge < -0.3 is 24.2 Å². The first kappa shape index (κ1) is 26.5. The maximum atomic E-state index is 12.9. The molecule has 0 spiro atoms. The summed E-state index contributed by atoms with van der Waals surface area (Å²) in [6.07, 6.45) is -0.140. The van der Waals surface area contributed by atoms with E-state index in [1.54, 1.807) is 9.80 Å². The zero-order valence-corrected chi connectivity index (χ0v) is 22.1. The van der Waals surface area contributed by atoms with Crippen LogP contribution in [0.2, 0.25) is 5.28 Å². The Morgan fingerprint density at radius 2 is 1.89 bits per heavy atom. The largest absolute Gasteiger partial charge is 0.445 e. The van der Waals surface area contributed by atoms with Gasteiger partial charge >= 0.3 is 12.2 Å². The molecule has 0 N–H and O–H groups in total. The molecule has 196 valence electrons. The van der Waals surface area contributed by atoms with Crippen molar-refractivity contribution in [3.8, 4) is 6.07 Å². The van der Waals surface area contributed by atoms with Crippen molar-refractivity contribution in [2.45, 2.75) is 58.4 Å². The predicted molar refractivity (Wildman–Crippen MR) is 137 cm³/mol. The zero-order valence-electron chi connectivity index (χ0n) is 21.3. The van der Waals surface area contributed by atoms with Crippen LogP contribution in [0.4, 0.5) is 15.4 Å². The number of rotatable bonds is 4. The summed E-state index contributed by atoms with van der Waals surface area (Å²) in [7, 11) is 0. The molecule has 11 heteroatoms. The summed E-state index contributed by atoms with van der Waals surface area (Å²) in [5.74, 6) is 0.680. The summed E-state index contributed by atoms with van der Waals surface area (Å²) >= 11 is 6.29. The van der Waals surface area contributed by atoms with Crippen molar-refractivity contribution in [3.63, 3.8) is 0 Å². The van der Waals surface area contributed by atoms with Gasteiger partial charge in [-0.1, -0.05) is 30.3 Å². The van der Waals surface area contributed by atoms with Crippen LogP contribution in [-0.4, -0.2) is 69.8 Å². The van der Waals surface area contributed by atoms with E-state index in [2.05, 4.69) is 16.0 Å². The van der Waals surface area contributed by atoms with Gasteiger partial charge in [-0.05, 0) is 44.4 Å². The number of ether oxygens (including phenoxy) is 2. The number of piperazine rings is 1. The molecular formula is C26H31ClN6O4. The van der Waals surface area contributed by atoms with Crippen molar-refractivity contribution in [3.05, 3.63) is 52.4 Å². The average Bonchev–Trinajstić information content (AvgIpc) is 2.86.